The molecule has 0 saturated heterocycles. The predicted molar refractivity (Wildman–Crippen MR) is 112 cm³/mol. The van der Waals surface area contributed by atoms with Gasteiger partial charge in [0.1, 0.15) is 5.69 Å². The Morgan fingerprint density at radius 2 is 1.57 bits per heavy atom. The second-order valence-corrected chi connectivity index (χ2v) is 7.00. The van der Waals surface area contributed by atoms with Crippen molar-refractivity contribution in [3.63, 3.8) is 0 Å². The van der Waals surface area contributed by atoms with Crippen LogP contribution in [0.4, 0.5) is 11.4 Å². The summed E-state index contributed by atoms with van der Waals surface area (Å²) >= 11 is 5.95. The van der Waals surface area contributed by atoms with E-state index in [1.807, 2.05) is 39.0 Å². The molecule has 3 aromatic rings. The van der Waals surface area contributed by atoms with E-state index in [2.05, 4.69) is 15.6 Å². The minimum Gasteiger partial charge on any atom is -0.322 e. The molecular formula is C22H20ClN3O2. The summed E-state index contributed by atoms with van der Waals surface area (Å²) in [5.41, 5.74) is 4.70. The Bertz CT molecular complexity index is 1040. The summed E-state index contributed by atoms with van der Waals surface area (Å²) in [6.45, 7) is 5.72. The molecule has 0 aliphatic heterocycles. The number of carbonyl (C=O) groups is 2. The molecule has 0 bridgehead atoms. The molecule has 142 valence electrons. The second-order valence-electron chi connectivity index (χ2n) is 6.56. The van der Waals surface area contributed by atoms with Crippen molar-refractivity contribution in [3.8, 4) is 0 Å². The maximum atomic E-state index is 12.7. The number of hydrogen-bond donors (Lipinski definition) is 2. The van der Waals surface area contributed by atoms with Crippen LogP contribution < -0.4 is 10.6 Å². The van der Waals surface area contributed by atoms with Crippen LogP contribution in [0.5, 0.6) is 0 Å². The lowest BCUT2D eigenvalue weighted by Crippen LogP contribution is -2.18. The highest BCUT2D eigenvalue weighted by molar-refractivity contribution is 6.30. The van der Waals surface area contributed by atoms with Gasteiger partial charge in [-0.25, -0.2) is 0 Å². The SMILES string of the molecule is Cc1cc(Cl)ccc1NC(=O)c1cc(C(=O)Nc2c(C)cccc2C)ccn1. The maximum absolute atomic E-state index is 12.7. The Kier molecular flexibility index (Phi) is 5.76. The number of halogens is 1. The lowest BCUT2D eigenvalue weighted by Gasteiger charge is -2.12. The van der Waals surface area contributed by atoms with Gasteiger partial charge in [0, 0.05) is 28.2 Å². The molecule has 2 N–H and O–H groups in total. The zero-order chi connectivity index (χ0) is 20.3. The molecule has 1 aromatic heterocycles. The van der Waals surface area contributed by atoms with E-state index in [4.69, 9.17) is 11.6 Å². The number of rotatable bonds is 4. The summed E-state index contributed by atoms with van der Waals surface area (Å²) in [4.78, 5) is 29.3. The largest absolute Gasteiger partial charge is 0.322 e. The summed E-state index contributed by atoms with van der Waals surface area (Å²) in [5.74, 6) is -0.691. The Morgan fingerprint density at radius 1 is 0.857 bits per heavy atom. The molecule has 0 spiro atoms. The smallest absolute Gasteiger partial charge is 0.274 e. The molecule has 0 aliphatic rings. The van der Waals surface area contributed by atoms with Crippen molar-refractivity contribution in [1.82, 2.24) is 4.98 Å². The molecular weight excluding hydrogens is 374 g/mol. The third kappa shape index (κ3) is 4.38. The fourth-order valence-corrected chi connectivity index (χ4v) is 3.07. The molecule has 0 saturated carbocycles. The number of pyridine rings is 1. The van der Waals surface area contributed by atoms with Crippen molar-refractivity contribution in [2.24, 2.45) is 0 Å². The van der Waals surface area contributed by atoms with Crippen molar-refractivity contribution >= 4 is 34.8 Å². The first-order chi connectivity index (χ1) is 13.3. The average Bonchev–Trinajstić information content (AvgIpc) is 2.67. The fourth-order valence-electron chi connectivity index (χ4n) is 2.85. The average molecular weight is 394 g/mol. The first-order valence-electron chi connectivity index (χ1n) is 8.76. The zero-order valence-corrected chi connectivity index (χ0v) is 16.6. The Balaban J connectivity index is 1.79. The van der Waals surface area contributed by atoms with Gasteiger partial charge in [0.2, 0.25) is 0 Å². The number of amides is 2. The van der Waals surface area contributed by atoms with Gasteiger partial charge in [-0.15, -0.1) is 0 Å². The van der Waals surface area contributed by atoms with E-state index in [0.717, 1.165) is 22.4 Å². The molecule has 28 heavy (non-hydrogen) atoms. The van der Waals surface area contributed by atoms with Gasteiger partial charge in [-0.3, -0.25) is 14.6 Å². The highest BCUT2D eigenvalue weighted by atomic mass is 35.5. The van der Waals surface area contributed by atoms with Gasteiger partial charge < -0.3 is 10.6 Å². The molecule has 0 unspecified atom stereocenters. The Labute approximate surface area is 168 Å². The van der Waals surface area contributed by atoms with E-state index in [1.54, 1.807) is 24.3 Å². The molecule has 3 rings (SSSR count). The molecule has 0 radical (unpaired) electrons. The molecule has 2 amide bonds. The second kappa shape index (κ2) is 8.23. The van der Waals surface area contributed by atoms with Crippen LogP contribution in [0.3, 0.4) is 0 Å². The van der Waals surface area contributed by atoms with E-state index in [1.165, 1.54) is 12.3 Å². The number of aromatic nitrogens is 1. The van der Waals surface area contributed by atoms with Crippen LogP contribution in [0.2, 0.25) is 5.02 Å². The first-order valence-corrected chi connectivity index (χ1v) is 9.14. The fraction of sp³-hybridized carbons (Fsp3) is 0.136. The quantitative estimate of drug-likeness (QED) is 0.642. The standard InChI is InChI=1S/C22H20ClN3O2/c1-13-5-4-6-14(2)20(13)26-21(27)16-9-10-24-19(12-16)22(28)25-18-8-7-17(23)11-15(18)3/h4-12H,1-3H3,(H,25,28)(H,26,27). The third-order valence-corrected chi connectivity index (χ3v) is 4.65. The predicted octanol–water partition coefficient (Wildman–Crippen LogP) is 5.16. The Hall–Kier alpha value is -3.18. The van der Waals surface area contributed by atoms with Crippen LogP contribution in [0, 0.1) is 20.8 Å². The highest BCUT2D eigenvalue weighted by Gasteiger charge is 2.14. The van der Waals surface area contributed by atoms with Crippen LogP contribution >= 0.6 is 11.6 Å². The number of hydrogen-bond acceptors (Lipinski definition) is 3. The van der Waals surface area contributed by atoms with Gasteiger partial charge in [0.25, 0.3) is 11.8 Å². The third-order valence-electron chi connectivity index (χ3n) is 4.41. The summed E-state index contributed by atoms with van der Waals surface area (Å²) in [7, 11) is 0. The van der Waals surface area contributed by atoms with Crippen molar-refractivity contribution in [2.75, 3.05) is 10.6 Å². The van der Waals surface area contributed by atoms with Gasteiger partial charge in [0.15, 0.2) is 0 Å². The van der Waals surface area contributed by atoms with Gasteiger partial charge >= 0.3 is 0 Å². The van der Waals surface area contributed by atoms with Crippen molar-refractivity contribution in [3.05, 3.63) is 87.7 Å². The van der Waals surface area contributed by atoms with E-state index >= 15 is 0 Å². The molecule has 2 aromatic carbocycles. The number of aryl methyl sites for hydroxylation is 3. The van der Waals surface area contributed by atoms with Crippen LogP contribution in [-0.2, 0) is 0 Å². The van der Waals surface area contributed by atoms with E-state index < -0.39 is 5.91 Å². The van der Waals surface area contributed by atoms with Gasteiger partial charge in [0.05, 0.1) is 0 Å². The topological polar surface area (TPSA) is 71.1 Å². The normalized spacial score (nSPS) is 10.4. The molecule has 1 heterocycles. The number of nitrogens with zero attached hydrogens (tertiary/aromatic N) is 1. The molecule has 0 fully saturated rings. The monoisotopic (exact) mass is 393 g/mol. The number of benzene rings is 2. The minimum absolute atomic E-state index is 0.156. The first kappa shape index (κ1) is 19.6. The van der Waals surface area contributed by atoms with Crippen LogP contribution in [0.1, 0.15) is 37.5 Å². The lowest BCUT2D eigenvalue weighted by molar-refractivity contribution is 0.102. The number of nitrogens with one attached hydrogen (secondary N) is 2. The summed E-state index contributed by atoms with van der Waals surface area (Å²) in [6.07, 6.45) is 1.45. The van der Waals surface area contributed by atoms with Gasteiger partial charge in [-0.2, -0.15) is 0 Å². The lowest BCUT2D eigenvalue weighted by atomic mass is 10.1. The summed E-state index contributed by atoms with van der Waals surface area (Å²) < 4.78 is 0. The van der Waals surface area contributed by atoms with Crippen molar-refractivity contribution in [1.29, 1.82) is 0 Å². The van der Waals surface area contributed by atoms with Crippen LogP contribution in [0.25, 0.3) is 0 Å². The molecule has 6 heteroatoms. The van der Waals surface area contributed by atoms with Crippen molar-refractivity contribution in [2.45, 2.75) is 20.8 Å². The molecule has 0 aliphatic carbocycles. The summed E-state index contributed by atoms with van der Waals surface area (Å²) in [5, 5.41) is 6.30. The van der Waals surface area contributed by atoms with Gasteiger partial charge in [-0.05, 0) is 67.8 Å². The Morgan fingerprint density at radius 3 is 2.25 bits per heavy atom. The molecule has 5 nitrogen and oxygen atoms in total. The summed E-state index contributed by atoms with van der Waals surface area (Å²) in [6, 6.07) is 14.0. The number of carbonyl (C=O) groups excluding carboxylic acids is 2. The number of para-hydroxylation sites is 1. The van der Waals surface area contributed by atoms with E-state index in [9.17, 15) is 9.59 Å². The minimum atomic E-state index is -0.396. The number of anilines is 2. The van der Waals surface area contributed by atoms with Crippen LogP contribution in [-0.4, -0.2) is 16.8 Å². The highest BCUT2D eigenvalue weighted by Crippen LogP contribution is 2.22. The van der Waals surface area contributed by atoms with Crippen molar-refractivity contribution < 1.29 is 9.59 Å². The molecule has 0 atom stereocenters. The zero-order valence-electron chi connectivity index (χ0n) is 15.8. The van der Waals surface area contributed by atoms with E-state index in [0.29, 0.717) is 16.3 Å². The maximum Gasteiger partial charge on any atom is 0.274 e. The van der Waals surface area contributed by atoms with Crippen LogP contribution in [0.15, 0.2) is 54.7 Å². The van der Waals surface area contributed by atoms with Gasteiger partial charge in [-0.1, -0.05) is 29.8 Å². The van der Waals surface area contributed by atoms with E-state index in [-0.39, 0.29) is 11.6 Å².